The molecule has 0 amide bonds. The molecule has 0 fully saturated rings. The van der Waals surface area contributed by atoms with Gasteiger partial charge < -0.3 is 46.0 Å². The summed E-state index contributed by atoms with van der Waals surface area (Å²) in [4.78, 5) is 12.3. The molecule has 122 valence electrons. The first-order valence-corrected chi connectivity index (χ1v) is 5.79. The first-order chi connectivity index (χ1) is 10.6. The van der Waals surface area contributed by atoms with Crippen LogP contribution in [0, 0.1) is 0 Å². The minimum Gasteiger partial charge on any atom is -0.504 e. The monoisotopic (exact) mass is 326 g/mol. The number of aromatic hydroxyl groups is 9. The summed E-state index contributed by atoms with van der Waals surface area (Å²) in [5.41, 5.74) is -2.33. The number of ketones is 1. The first-order valence-electron chi connectivity index (χ1n) is 5.79. The van der Waals surface area contributed by atoms with Crippen molar-refractivity contribution in [3.05, 3.63) is 17.2 Å². The van der Waals surface area contributed by atoms with Crippen LogP contribution in [0.5, 0.6) is 51.7 Å². The Bertz CT molecular complexity index is 784. The van der Waals surface area contributed by atoms with Crippen LogP contribution in [0.2, 0.25) is 0 Å². The number of hydrogen-bond donors (Lipinski definition) is 9. The highest BCUT2D eigenvalue weighted by molar-refractivity contribution is 6.17. The van der Waals surface area contributed by atoms with Crippen LogP contribution in [-0.4, -0.2) is 51.7 Å². The average molecular weight is 326 g/mol. The summed E-state index contributed by atoms with van der Waals surface area (Å²) in [6.45, 7) is 0. The number of rotatable bonds is 2. The molecule has 0 spiro atoms. The van der Waals surface area contributed by atoms with E-state index in [1.807, 2.05) is 0 Å². The number of phenols is 9. The van der Waals surface area contributed by atoms with E-state index in [1.165, 1.54) is 0 Å². The second-order valence-corrected chi connectivity index (χ2v) is 4.43. The molecule has 0 aliphatic rings. The van der Waals surface area contributed by atoms with Gasteiger partial charge in [-0.1, -0.05) is 0 Å². The fraction of sp³-hybridized carbons (Fsp3) is 0. The maximum Gasteiger partial charge on any atom is 0.208 e. The fourth-order valence-electron chi connectivity index (χ4n) is 1.88. The standard InChI is InChI=1S/C13H10O10/c14-2-1-3(15)7(17)4(6(2)16)8(18)5-9(19)11(21)13(23)12(22)10(5)20/h1,14-17,19-23H. The van der Waals surface area contributed by atoms with E-state index in [0.717, 1.165) is 0 Å². The molecular weight excluding hydrogens is 316 g/mol. The van der Waals surface area contributed by atoms with Gasteiger partial charge in [-0.05, 0) is 0 Å². The molecule has 0 bridgehead atoms. The van der Waals surface area contributed by atoms with Crippen molar-refractivity contribution in [1.82, 2.24) is 0 Å². The van der Waals surface area contributed by atoms with Gasteiger partial charge in [-0.25, -0.2) is 0 Å². The summed E-state index contributed by atoms with van der Waals surface area (Å²) in [7, 11) is 0. The van der Waals surface area contributed by atoms with Gasteiger partial charge in [0.1, 0.15) is 11.1 Å². The Morgan fingerprint density at radius 1 is 0.522 bits per heavy atom. The molecule has 23 heavy (non-hydrogen) atoms. The molecule has 0 aliphatic carbocycles. The molecule has 0 aromatic heterocycles. The van der Waals surface area contributed by atoms with Gasteiger partial charge in [-0.15, -0.1) is 0 Å². The van der Waals surface area contributed by atoms with Crippen LogP contribution in [0.4, 0.5) is 0 Å². The van der Waals surface area contributed by atoms with Gasteiger partial charge in [0.25, 0.3) is 0 Å². The third-order valence-electron chi connectivity index (χ3n) is 3.06. The lowest BCUT2D eigenvalue weighted by atomic mass is 9.97. The van der Waals surface area contributed by atoms with Gasteiger partial charge in [0.05, 0.1) is 0 Å². The number of benzene rings is 2. The predicted molar refractivity (Wildman–Crippen MR) is 71.3 cm³/mol. The van der Waals surface area contributed by atoms with E-state index >= 15 is 0 Å². The van der Waals surface area contributed by atoms with Crippen molar-refractivity contribution in [2.45, 2.75) is 0 Å². The van der Waals surface area contributed by atoms with Crippen LogP contribution in [-0.2, 0) is 0 Å². The normalized spacial score (nSPS) is 10.6. The van der Waals surface area contributed by atoms with Crippen LogP contribution < -0.4 is 0 Å². The van der Waals surface area contributed by atoms with Crippen LogP contribution in [0.15, 0.2) is 6.07 Å². The molecule has 10 heteroatoms. The largest absolute Gasteiger partial charge is 0.504 e. The van der Waals surface area contributed by atoms with Gasteiger partial charge in [-0.2, -0.15) is 0 Å². The molecule has 10 nitrogen and oxygen atoms in total. The second kappa shape index (κ2) is 4.94. The SMILES string of the molecule is O=C(c1c(O)c(O)cc(O)c1O)c1c(O)c(O)c(O)c(O)c1O. The molecule has 0 unspecified atom stereocenters. The van der Waals surface area contributed by atoms with Crippen molar-refractivity contribution in [3.8, 4) is 51.7 Å². The zero-order valence-electron chi connectivity index (χ0n) is 11.0. The minimum atomic E-state index is -1.58. The Hall–Kier alpha value is -3.69. The van der Waals surface area contributed by atoms with Crippen LogP contribution in [0.1, 0.15) is 15.9 Å². The number of hydrogen-bond acceptors (Lipinski definition) is 10. The second-order valence-electron chi connectivity index (χ2n) is 4.43. The van der Waals surface area contributed by atoms with E-state index in [1.54, 1.807) is 0 Å². The first kappa shape index (κ1) is 15.7. The predicted octanol–water partition coefficient (Wildman–Crippen LogP) is 0.268. The molecule has 0 saturated carbocycles. The van der Waals surface area contributed by atoms with E-state index in [9.17, 15) is 50.8 Å². The number of carbonyl (C=O) groups excluding carboxylic acids is 1. The van der Waals surface area contributed by atoms with Gasteiger partial charge in [-0.3, -0.25) is 4.79 Å². The molecule has 2 aromatic carbocycles. The molecule has 2 aromatic rings. The molecule has 0 aliphatic heterocycles. The number of phenolic OH excluding ortho intramolecular Hbond substituents is 9. The minimum absolute atomic E-state index is 0.521. The highest BCUT2D eigenvalue weighted by atomic mass is 16.4. The summed E-state index contributed by atoms with van der Waals surface area (Å²) in [6.07, 6.45) is 0. The summed E-state index contributed by atoms with van der Waals surface area (Å²) in [5.74, 6) is -12.7. The molecule has 2 rings (SSSR count). The Morgan fingerprint density at radius 2 is 0.826 bits per heavy atom. The van der Waals surface area contributed by atoms with Crippen molar-refractivity contribution in [2.75, 3.05) is 0 Å². The van der Waals surface area contributed by atoms with E-state index in [2.05, 4.69) is 0 Å². The zero-order chi connectivity index (χ0) is 17.6. The maximum atomic E-state index is 12.3. The highest BCUT2D eigenvalue weighted by Crippen LogP contribution is 2.53. The van der Waals surface area contributed by atoms with Crippen LogP contribution >= 0.6 is 0 Å². The lowest BCUT2D eigenvalue weighted by Gasteiger charge is -2.13. The topological polar surface area (TPSA) is 199 Å². The summed E-state index contributed by atoms with van der Waals surface area (Å²) < 4.78 is 0. The zero-order valence-corrected chi connectivity index (χ0v) is 11.0. The van der Waals surface area contributed by atoms with Crippen molar-refractivity contribution in [3.63, 3.8) is 0 Å². The van der Waals surface area contributed by atoms with E-state index in [4.69, 9.17) is 0 Å². The van der Waals surface area contributed by atoms with Gasteiger partial charge >= 0.3 is 0 Å². The number of carbonyl (C=O) groups is 1. The van der Waals surface area contributed by atoms with E-state index in [-0.39, 0.29) is 0 Å². The Balaban J connectivity index is 2.84. The van der Waals surface area contributed by atoms with Crippen molar-refractivity contribution in [2.24, 2.45) is 0 Å². The van der Waals surface area contributed by atoms with Gasteiger partial charge in [0, 0.05) is 6.07 Å². The Kier molecular flexibility index (Phi) is 3.37. The molecule has 0 atom stereocenters. The lowest BCUT2D eigenvalue weighted by molar-refractivity contribution is 0.102. The van der Waals surface area contributed by atoms with E-state index in [0.29, 0.717) is 6.07 Å². The third-order valence-corrected chi connectivity index (χ3v) is 3.06. The van der Waals surface area contributed by atoms with E-state index < -0.39 is 68.7 Å². The van der Waals surface area contributed by atoms with Crippen LogP contribution in [0.3, 0.4) is 0 Å². The van der Waals surface area contributed by atoms with Crippen molar-refractivity contribution >= 4 is 5.78 Å². The van der Waals surface area contributed by atoms with Crippen LogP contribution in [0.25, 0.3) is 0 Å². The van der Waals surface area contributed by atoms with Gasteiger partial charge in [0.15, 0.2) is 34.5 Å². The molecule has 9 N–H and O–H groups in total. The smallest absolute Gasteiger partial charge is 0.208 e. The lowest BCUT2D eigenvalue weighted by Crippen LogP contribution is -2.04. The quantitative estimate of drug-likeness (QED) is 0.209. The summed E-state index contributed by atoms with van der Waals surface area (Å²) >= 11 is 0. The Morgan fingerprint density at radius 3 is 1.22 bits per heavy atom. The fourth-order valence-corrected chi connectivity index (χ4v) is 1.88. The highest BCUT2D eigenvalue weighted by Gasteiger charge is 2.32. The molecule has 0 heterocycles. The molecule has 0 radical (unpaired) electrons. The molecule has 0 saturated heterocycles. The van der Waals surface area contributed by atoms with Crippen molar-refractivity contribution in [1.29, 1.82) is 0 Å². The maximum absolute atomic E-state index is 12.3. The third kappa shape index (κ3) is 2.09. The summed E-state index contributed by atoms with van der Waals surface area (Å²) in [6, 6.07) is 0.521. The van der Waals surface area contributed by atoms with Crippen molar-refractivity contribution < 1.29 is 50.8 Å². The summed E-state index contributed by atoms with van der Waals surface area (Å²) in [5, 5.41) is 85.3. The van der Waals surface area contributed by atoms with Gasteiger partial charge in [0.2, 0.25) is 23.0 Å². The Labute approximate surface area is 126 Å². The molecular formula is C13H10O10. The average Bonchev–Trinajstić information content (AvgIpc) is 2.49.